The average Bonchev–Trinajstić information content (AvgIpc) is 2.88. The summed E-state index contributed by atoms with van der Waals surface area (Å²) in [6, 6.07) is 5.40. The Kier molecular flexibility index (Phi) is 5.40. The van der Waals surface area contributed by atoms with Crippen LogP contribution in [-0.4, -0.2) is 23.2 Å². The van der Waals surface area contributed by atoms with Crippen LogP contribution in [0.15, 0.2) is 22.7 Å². The van der Waals surface area contributed by atoms with E-state index < -0.39 is 0 Å². The van der Waals surface area contributed by atoms with Crippen LogP contribution in [0.2, 0.25) is 10.0 Å². The molecule has 4 nitrogen and oxygen atoms in total. The van der Waals surface area contributed by atoms with Crippen molar-refractivity contribution in [3.8, 4) is 0 Å². The monoisotopic (exact) mass is 313 g/mol. The first-order valence-corrected chi connectivity index (χ1v) is 7.33. The normalized spacial score (nSPS) is 12.6. The van der Waals surface area contributed by atoms with E-state index in [1.165, 1.54) is 0 Å². The molecular formula is C14H17Cl2N3O. The Labute approximate surface area is 128 Å². The third-order valence-corrected chi connectivity index (χ3v) is 3.56. The van der Waals surface area contributed by atoms with Crippen molar-refractivity contribution in [2.75, 3.05) is 13.1 Å². The van der Waals surface area contributed by atoms with Crippen molar-refractivity contribution in [2.24, 2.45) is 0 Å². The zero-order valence-electron chi connectivity index (χ0n) is 11.5. The fourth-order valence-electron chi connectivity index (χ4n) is 1.82. The molecule has 2 aromatic rings. The van der Waals surface area contributed by atoms with Gasteiger partial charge in [0.25, 0.3) is 0 Å². The number of benzene rings is 1. The molecule has 2 rings (SSSR count). The molecule has 0 amide bonds. The number of rotatable bonds is 6. The van der Waals surface area contributed by atoms with Gasteiger partial charge in [-0.3, -0.25) is 0 Å². The third-order valence-electron chi connectivity index (χ3n) is 2.97. The van der Waals surface area contributed by atoms with Gasteiger partial charge >= 0.3 is 0 Å². The number of hydrogen-bond donors (Lipinski definition) is 1. The van der Waals surface area contributed by atoms with Gasteiger partial charge in [-0.2, -0.15) is 4.98 Å². The Morgan fingerprint density at radius 2 is 2.15 bits per heavy atom. The summed E-state index contributed by atoms with van der Waals surface area (Å²) in [5, 5.41) is 8.49. The van der Waals surface area contributed by atoms with Gasteiger partial charge in [-0.05, 0) is 24.2 Å². The van der Waals surface area contributed by atoms with Crippen molar-refractivity contribution in [1.29, 1.82) is 0 Å². The molecule has 20 heavy (non-hydrogen) atoms. The van der Waals surface area contributed by atoms with Gasteiger partial charge in [0.1, 0.15) is 0 Å². The summed E-state index contributed by atoms with van der Waals surface area (Å²) in [6.07, 6.45) is 0.535. The van der Waals surface area contributed by atoms with Gasteiger partial charge in [-0.15, -0.1) is 0 Å². The van der Waals surface area contributed by atoms with E-state index in [1.807, 2.05) is 6.07 Å². The highest BCUT2D eigenvalue weighted by Gasteiger charge is 2.14. The van der Waals surface area contributed by atoms with Gasteiger partial charge < -0.3 is 9.84 Å². The third kappa shape index (κ3) is 3.95. The van der Waals surface area contributed by atoms with Gasteiger partial charge in [0.2, 0.25) is 5.89 Å². The number of halogens is 2. The Balaban J connectivity index is 2.05. The minimum Gasteiger partial charge on any atom is -0.339 e. The van der Waals surface area contributed by atoms with Gasteiger partial charge in [-0.1, -0.05) is 48.3 Å². The second-order valence-electron chi connectivity index (χ2n) is 4.67. The molecule has 0 bridgehead atoms. The van der Waals surface area contributed by atoms with Crippen LogP contribution in [-0.2, 0) is 6.42 Å². The Morgan fingerprint density at radius 3 is 2.85 bits per heavy atom. The highest BCUT2D eigenvalue weighted by Crippen LogP contribution is 2.23. The van der Waals surface area contributed by atoms with Crippen molar-refractivity contribution in [3.63, 3.8) is 0 Å². The molecule has 0 aliphatic heterocycles. The van der Waals surface area contributed by atoms with Crippen molar-refractivity contribution < 1.29 is 4.52 Å². The van der Waals surface area contributed by atoms with Gasteiger partial charge in [0, 0.05) is 28.9 Å². The Morgan fingerprint density at radius 1 is 1.35 bits per heavy atom. The molecule has 1 heterocycles. The molecule has 0 aliphatic carbocycles. The maximum absolute atomic E-state index is 6.14. The van der Waals surface area contributed by atoms with Crippen LogP contribution in [0.1, 0.15) is 37.0 Å². The number of likely N-dealkylation sites (N-methyl/N-ethyl adjacent to an activating group) is 1. The highest BCUT2D eigenvalue weighted by atomic mass is 35.5. The molecule has 0 spiro atoms. The van der Waals surface area contributed by atoms with E-state index in [0.29, 0.717) is 28.2 Å². The predicted molar refractivity (Wildman–Crippen MR) is 80.5 cm³/mol. The van der Waals surface area contributed by atoms with Gasteiger partial charge in [-0.25, -0.2) is 0 Å². The summed E-state index contributed by atoms with van der Waals surface area (Å²) in [7, 11) is 0. The minimum absolute atomic E-state index is 0.192. The molecule has 6 heteroatoms. The smallest absolute Gasteiger partial charge is 0.230 e. The van der Waals surface area contributed by atoms with E-state index in [9.17, 15) is 0 Å². The standard InChI is InChI=1S/C14H17Cl2N3O/c1-3-17-8-9(2)14-18-13(19-20-14)6-10-4-5-11(15)7-12(10)16/h4-5,7,9,17H,3,6,8H2,1-2H3. The van der Waals surface area contributed by atoms with E-state index in [0.717, 1.165) is 18.7 Å². The molecule has 0 aliphatic rings. The second kappa shape index (κ2) is 7.07. The first-order chi connectivity index (χ1) is 9.60. The van der Waals surface area contributed by atoms with E-state index in [-0.39, 0.29) is 5.92 Å². The van der Waals surface area contributed by atoms with E-state index in [2.05, 4.69) is 29.3 Å². The lowest BCUT2D eigenvalue weighted by atomic mass is 10.1. The molecule has 1 aromatic carbocycles. The highest BCUT2D eigenvalue weighted by molar-refractivity contribution is 6.35. The molecule has 0 fully saturated rings. The fourth-order valence-corrected chi connectivity index (χ4v) is 2.30. The van der Waals surface area contributed by atoms with Crippen LogP contribution in [0.5, 0.6) is 0 Å². The first-order valence-electron chi connectivity index (χ1n) is 6.57. The maximum atomic E-state index is 6.14. The lowest BCUT2D eigenvalue weighted by Crippen LogP contribution is -2.19. The van der Waals surface area contributed by atoms with Crippen molar-refractivity contribution in [3.05, 3.63) is 45.5 Å². The topological polar surface area (TPSA) is 51.0 Å². The summed E-state index contributed by atoms with van der Waals surface area (Å²) < 4.78 is 5.29. The number of nitrogens with one attached hydrogen (secondary N) is 1. The van der Waals surface area contributed by atoms with Crippen LogP contribution in [0.25, 0.3) is 0 Å². The van der Waals surface area contributed by atoms with Crippen LogP contribution < -0.4 is 5.32 Å². The van der Waals surface area contributed by atoms with Crippen molar-refractivity contribution in [1.82, 2.24) is 15.5 Å². The molecule has 108 valence electrons. The van der Waals surface area contributed by atoms with Gasteiger partial charge in [0.05, 0.1) is 0 Å². The minimum atomic E-state index is 0.192. The average molecular weight is 314 g/mol. The molecule has 1 N–H and O–H groups in total. The molecular weight excluding hydrogens is 297 g/mol. The van der Waals surface area contributed by atoms with Crippen LogP contribution in [0, 0.1) is 0 Å². The number of nitrogens with zero attached hydrogens (tertiary/aromatic N) is 2. The van der Waals surface area contributed by atoms with E-state index in [1.54, 1.807) is 12.1 Å². The summed E-state index contributed by atoms with van der Waals surface area (Å²) in [6.45, 7) is 5.86. The zero-order chi connectivity index (χ0) is 14.5. The van der Waals surface area contributed by atoms with Crippen molar-refractivity contribution >= 4 is 23.2 Å². The molecule has 1 unspecified atom stereocenters. The zero-order valence-corrected chi connectivity index (χ0v) is 13.0. The number of aromatic nitrogens is 2. The molecule has 0 radical (unpaired) electrons. The molecule has 1 aromatic heterocycles. The van der Waals surface area contributed by atoms with Crippen LogP contribution >= 0.6 is 23.2 Å². The molecule has 0 saturated carbocycles. The van der Waals surface area contributed by atoms with E-state index in [4.69, 9.17) is 27.7 Å². The van der Waals surface area contributed by atoms with E-state index >= 15 is 0 Å². The lowest BCUT2D eigenvalue weighted by molar-refractivity contribution is 0.352. The fraction of sp³-hybridized carbons (Fsp3) is 0.429. The Hall–Kier alpha value is -1.10. The largest absolute Gasteiger partial charge is 0.339 e. The quantitative estimate of drug-likeness (QED) is 0.883. The van der Waals surface area contributed by atoms with Gasteiger partial charge in [0.15, 0.2) is 5.82 Å². The van der Waals surface area contributed by atoms with Crippen LogP contribution in [0.3, 0.4) is 0 Å². The summed E-state index contributed by atoms with van der Waals surface area (Å²) >= 11 is 12.0. The number of hydrogen-bond acceptors (Lipinski definition) is 4. The SMILES string of the molecule is CCNCC(C)c1nc(Cc2ccc(Cl)cc2Cl)no1. The second-order valence-corrected chi connectivity index (χ2v) is 5.51. The molecule has 1 atom stereocenters. The maximum Gasteiger partial charge on any atom is 0.230 e. The first kappa shape index (κ1) is 15.3. The summed E-state index contributed by atoms with van der Waals surface area (Å²) in [4.78, 5) is 4.41. The summed E-state index contributed by atoms with van der Waals surface area (Å²) in [5.74, 6) is 1.47. The molecule has 0 saturated heterocycles. The van der Waals surface area contributed by atoms with Crippen molar-refractivity contribution in [2.45, 2.75) is 26.2 Å². The predicted octanol–water partition coefficient (Wildman–Crippen LogP) is 3.68. The van der Waals surface area contributed by atoms with Crippen LogP contribution in [0.4, 0.5) is 0 Å². The Bertz CT molecular complexity index is 571. The summed E-state index contributed by atoms with van der Waals surface area (Å²) in [5.41, 5.74) is 0.933. The lowest BCUT2D eigenvalue weighted by Gasteiger charge is -2.05.